The number of hydrogen-bond donors (Lipinski definition) is 1. The maximum atomic E-state index is 4.35. The molecule has 2 aromatic rings. The van der Waals surface area contributed by atoms with E-state index in [4.69, 9.17) is 0 Å². The molecule has 2 heterocycles. The second kappa shape index (κ2) is 4.47. The highest BCUT2D eigenvalue weighted by Crippen LogP contribution is 2.18. The molecule has 2 rings (SSSR count). The van der Waals surface area contributed by atoms with Crippen LogP contribution in [-0.2, 0) is 6.54 Å². The summed E-state index contributed by atoms with van der Waals surface area (Å²) in [7, 11) is 0. The van der Waals surface area contributed by atoms with Gasteiger partial charge in [-0.2, -0.15) is 0 Å². The third kappa shape index (κ3) is 1.85. The first-order chi connectivity index (χ1) is 7.76. The molecule has 0 saturated heterocycles. The number of nitrogens with zero attached hydrogens (tertiary/aromatic N) is 4. The molecule has 1 N–H and O–H groups in total. The predicted octanol–water partition coefficient (Wildman–Crippen LogP) is 2.06. The lowest BCUT2D eigenvalue weighted by Crippen LogP contribution is -2.15. The molecule has 0 aliphatic heterocycles. The van der Waals surface area contributed by atoms with Crippen molar-refractivity contribution >= 4 is 17.0 Å². The summed E-state index contributed by atoms with van der Waals surface area (Å²) in [6, 6.07) is 0.393. The highest BCUT2D eigenvalue weighted by Gasteiger charge is 2.10. The van der Waals surface area contributed by atoms with Crippen molar-refractivity contribution in [1.29, 1.82) is 0 Å². The van der Waals surface area contributed by atoms with E-state index in [1.54, 1.807) is 12.7 Å². The Balaban J connectivity index is 2.42. The molecule has 0 amide bonds. The fourth-order valence-electron chi connectivity index (χ4n) is 1.55. The number of anilines is 1. The van der Waals surface area contributed by atoms with E-state index in [9.17, 15) is 0 Å². The van der Waals surface area contributed by atoms with Crippen LogP contribution < -0.4 is 5.32 Å². The van der Waals surface area contributed by atoms with Gasteiger partial charge in [0.05, 0.1) is 6.33 Å². The second-order valence-corrected chi connectivity index (χ2v) is 3.88. The molecular formula is C11H17N5. The number of rotatable bonds is 4. The van der Waals surface area contributed by atoms with Gasteiger partial charge in [0.25, 0.3) is 0 Å². The van der Waals surface area contributed by atoms with E-state index in [2.05, 4.69) is 41.0 Å². The van der Waals surface area contributed by atoms with Crippen LogP contribution in [0.15, 0.2) is 12.7 Å². The second-order valence-electron chi connectivity index (χ2n) is 3.88. The van der Waals surface area contributed by atoms with Crippen LogP contribution in [0.2, 0.25) is 0 Å². The molecular weight excluding hydrogens is 202 g/mol. The molecule has 86 valence electrons. The monoisotopic (exact) mass is 219 g/mol. The van der Waals surface area contributed by atoms with E-state index in [1.807, 2.05) is 4.57 Å². The lowest BCUT2D eigenvalue weighted by atomic mass is 10.2. The SMILES string of the molecule is CCC(C)Nc1ncnc2c1ncn2CC. The Morgan fingerprint density at radius 2 is 2.12 bits per heavy atom. The minimum atomic E-state index is 0.393. The Kier molecular flexibility index (Phi) is 3.03. The molecule has 1 atom stereocenters. The van der Waals surface area contributed by atoms with Crippen molar-refractivity contribution in [1.82, 2.24) is 19.5 Å². The van der Waals surface area contributed by atoms with Gasteiger partial charge in [-0.3, -0.25) is 0 Å². The quantitative estimate of drug-likeness (QED) is 0.855. The molecule has 0 bridgehead atoms. The molecule has 5 nitrogen and oxygen atoms in total. The van der Waals surface area contributed by atoms with Gasteiger partial charge >= 0.3 is 0 Å². The summed E-state index contributed by atoms with van der Waals surface area (Å²) in [4.78, 5) is 12.9. The number of hydrogen-bond acceptors (Lipinski definition) is 4. The Morgan fingerprint density at radius 1 is 1.31 bits per heavy atom. The van der Waals surface area contributed by atoms with Crippen molar-refractivity contribution in [2.24, 2.45) is 0 Å². The van der Waals surface area contributed by atoms with Gasteiger partial charge in [0, 0.05) is 12.6 Å². The smallest absolute Gasteiger partial charge is 0.165 e. The maximum Gasteiger partial charge on any atom is 0.165 e. The van der Waals surface area contributed by atoms with Crippen molar-refractivity contribution in [3.05, 3.63) is 12.7 Å². The topological polar surface area (TPSA) is 55.6 Å². The van der Waals surface area contributed by atoms with Gasteiger partial charge in [0.1, 0.15) is 11.8 Å². The molecule has 0 saturated carbocycles. The van der Waals surface area contributed by atoms with E-state index in [1.165, 1.54) is 0 Å². The largest absolute Gasteiger partial charge is 0.366 e. The van der Waals surface area contributed by atoms with Crippen molar-refractivity contribution in [2.75, 3.05) is 5.32 Å². The Hall–Kier alpha value is -1.65. The molecule has 0 aromatic carbocycles. The van der Waals surface area contributed by atoms with Crippen LogP contribution in [0, 0.1) is 0 Å². The Bertz CT molecular complexity index is 476. The van der Waals surface area contributed by atoms with Crippen LogP contribution in [0.3, 0.4) is 0 Å². The van der Waals surface area contributed by atoms with Crippen molar-refractivity contribution in [3.8, 4) is 0 Å². The molecule has 1 unspecified atom stereocenters. The summed E-state index contributed by atoms with van der Waals surface area (Å²) in [6.07, 6.45) is 4.45. The third-order valence-corrected chi connectivity index (χ3v) is 2.74. The standard InChI is InChI=1S/C11H17N5/c1-4-8(3)15-10-9-11(13-6-12-10)16(5-2)7-14-9/h6-8H,4-5H2,1-3H3,(H,12,13,15). The van der Waals surface area contributed by atoms with Gasteiger partial charge in [-0.25, -0.2) is 15.0 Å². The van der Waals surface area contributed by atoms with E-state index >= 15 is 0 Å². The van der Waals surface area contributed by atoms with Gasteiger partial charge in [-0.1, -0.05) is 6.92 Å². The van der Waals surface area contributed by atoms with E-state index in [-0.39, 0.29) is 0 Å². The van der Waals surface area contributed by atoms with Crippen LogP contribution in [-0.4, -0.2) is 25.6 Å². The van der Waals surface area contributed by atoms with Crippen molar-refractivity contribution in [3.63, 3.8) is 0 Å². The summed E-state index contributed by atoms with van der Waals surface area (Å²) < 4.78 is 2.01. The van der Waals surface area contributed by atoms with Crippen LogP contribution in [0.1, 0.15) is 27.2 Å². The van der Waals surface area contributed by atoms with E-state index < -0.39 is 0 Å². The van der Waals surface area contributed by atoms with E-state index in [0.29, 0.717) is 6.04 Å². The zero-order valence-electron chi connectivity index (χ0n) is 9.94. The van der Waals surface area contributed by atoms with Gasteiger partial charge < -0.3 is 9.88 Å². The van der Waals surface area contributed by atoms with Crippen LogP contribution in [0.4, 0.5) is 5.82 Å². The van der Waals surface area contributed by atoms with Gasteiger partial charge in [0.15, 0.2) is 11.5 Å². The van der Waals surface area contributed by atoms with Crippen LogP contribution >= 0.6 is 0 Å². The minimum Gasteiger partial charge on any atom is -0.366 e. The van der Waals surface area contributed by atoms with Crippen LogP contribution in [0.25, 0.3) is 11.2 Å². The summed E-state index contributed by atoms with van der Waals surface area (Å²) in [6.45, 7) is 7.22. The molecule has 0 aliphatic rings. The molecule has 0 fully saturated rings. The summed E-state index contributed by atoms with van der Waals surface area (Å²) in [5, 5.41) is 3.35. The van der Waals surface area contributed by atoms with Gasteiger partial charge in [-0.05, 0) is 20.3 Å². The number of imidazole rings is 1. The first kappa shape index (κ1) is 10.9. The molecule has 0 aliphatic carbocycles. The number of aromatic nitrogens is 4. The fraction of sp³-hybridized carbons (Fsp3) is 0.545. The minimum absolute atomic E-state index is 0.393. The highest BCUT2D eigenvalue weighted by molar-refractivity contribution is 5.82. The number of aryl methyl sites for hydroxylation is 1. The highest BCUT2D eigenvalue weighted by atomic mass is 15.1. The van der Waals surface area contributed by atoms with Gasteiger partial charge in [-0.15, -0.1) is 0 Å². The maximum absolute atomic E-state index is 4.35. The summed E-state index contributed by atoms with van der Waals surface area (Å²) >= 11 is 0. The summed E-state index contributed by atoms with van der Waals surface area (Å²) in [5.41, 5.74) is 1.74. The molecule has 0 spiro atoms. The molecule has 2 aromatic heterocycles. The average Bonchev–Trinajstić information content (AvgIpc) is 2.73. The Morgan fingerprint density at radius 3 is 2.81 bits per heavy atom. The van der Waals surface area contributed by atoms with Crippen molar-refractivity contribution < 1.29 is 0 Å². The predicted molar refractivity (Wildman–Crippen MR) is 64.4 cm³/mol. The molecule has 0 radical (unpaired) electrons. The molecule has 5 heteroatoms. The average molecular weight is 219 g/mol. The molecule has 16 heavy (non-hydrogen) atoms. The number of fused-ring (bicyclic) bond motifs is 1. The normalized spacial score (nSPS) is 12.9. The van der Waals surface area contributed by atoms with E-state index in [0.717, 1.165) is 29.9 Å². The lowest BCUT2D eigenvalue weighted by Gasteiger charge is -2.11. The van der Waals surface area contributed by atoms with Crippen molar-refractivity contribution in [2.45, 2.75) is 39.8 Å². The third-order valence-electron chi connectivity index (χ3n) is 2.74. The lowest BCUT2D eigenvalue weighted by molar-refractivity contribution is 0.759. The zero-order valence-corrected chi connectivity index (χ0v) is 9.94. The zero-order chi connectivity index (χ0) is 11.5. The number of nitrogens with one attached hydrogen (secondary N) is 1. The summed E-state index contributed by atoms with van der Waals surface area (Å²) in [5.74, 6) is 0.826. The first-order valence-electron chi connectivity index (χ1n) is 5.68. The van der Waals surface area contributed by atoms with Crippen LogP contribution in [0.5, 0.6) is 0 Å². The van der Waals surface area contributed by atoms with Gasteiger partial charge in [0.2, 0.25) is 0 Å². The Labute approximate surface area is 94.9 Å². The first-order valence-corrected chi connectivity index (χ1v) is 5.68. The fourth-order valence-corrected chi connectivity index (χ4v) is 1.55.